The van der Waals surface area contributed by atoms with Crippen molar-refractivity contribution in [2.75, 3.05) is 22.7 Å². The summed E-state index contributed by atoms with van der Waals surface area (Å²) >= 11 is 0. The fourth-order valence-electron chi connectivity index (χ4n) is 3.45. The first-order chi connectivity index (χ1) is 14.4. The second-order valence-electron chi connectivity index (χ2n) is 9.06. The molecule has 0 radical (unpaired) electrons. The number of aromatic carboxylic acids is 1. The lowest BCUT2D eigenvalue weighted by atomic mass is 10.0. The molecule has 0 aliphatic carbocycles. The molecule has 7 heteroatoms. The standard InChI is InChI=1S/C24H34N2O4S/c1-16(2)14-26(15-17(3)4)23-12-9-20(13-22(23)24(27)28)25-31(29,30)21-10-7-19(8-11-21)18(5)6/h7-13,16-18,25H,14-15H2,1-6H3,(H,27,28). The van der Waals surface area contributed by atoms with E-state index in [-0.39, 0.29) is 16.1 Å². The number of nitrogens with one attached hydrogen (secondary N) is 1. The predicted molar refractivity (Wildman–Crippen MR) is 127 cm³/mol. The van der Waals surface area contributed by atoms with Crippen molar-refractivity contribution >= 4 is 27.4 Å². The van der Waals surface area contributed by atoms with E-state index in [1.807, 2.05) is 13.8 Å². The third kappa shape index (κ3) is 6.72. The fourth-order valence-corrected chi connectivity index (χ4v) is 4.49. The SMILES string of the molecule is CC(C)CN(CC(C)C)c1ccc(NS(=O)(=O)c2ccc(C(C)C)cc2)cc1C(=O)O. The highest BCUT2D eigenvalue weighted by molar-refractivity contribution is 7.92. The first-order valence-corrected chi connectivity index (χ1v) is 12.1. The van der Waals surface area contributed by atoms with Gasteiger partial charge in [-0.05, 0) is 53.6 Å². The molecular weight excluding hydrogens is 412 g/mol. The molecule has 2 aromatic rings. The van der Waals surface area contributed by atoms with Gasteiger partial charge in [0.25, 0.3) is 10.0 Å². The Morgan fingerprint density at radius 2 is 1.48 bits per heavy atom. The summed E-state index contributed by atoms with van der Waals surface area (Å²) in [7, 11) is -3.83. The summed E-state index contributed by atoms with van der Waals surface area (Å²) in [5.41, 5.74) is 1.95. The van der Waals surface area contributed by atoms with Gasteiger partial charge in [-0.1, -0.05) is 53.7 Å². The number of hydrogen-bond donors (Lipinski definition) is 2. The molecular formula is C24H34N2O4S. The molecule has 0 aliphatic heterocycles. The first-order valence-electron chi connectivity index (χ1n) is 10.7. The van der Waals surface area contributed by atoms with E-state index in [2.05, 4.69) is 37.3 Å². The van der Waals surface area contributed by atoms with E-state index in [1.165, 1.54) is 6.07 Å². The normalized spacial score (nSPS) is 11.9. The van der Waals surface area contributed by atoms with Crippen molar-refractivity contribution in [3.8, 4) is 0 Å². The van der Waals surface area contributed by atoms with E-state index in [9.17, 15) is 18.3 Å². The fraction of sp³-hybridized carbons (Fsp3) is 0.458. The summed E-state index contributed by atoms with van der Waals surface area (Å²) in [4.78, 5) is 14.2. The lowest BCUT2D eigenvalue weighted by molar-refractivity contribution is 0.0697. The first kappa shape index (κ1) is 24.7. The van der Waals surface area contributed by atoms with Crippen molar-refractivity contribution in [2.24, 2.45) is 11.8 Å². The van der Waals surface area contributed by atoms with Gasteiger partial charge in [0.15, 0.2) is 0 Å². The van der Waals surface area contributed by atoms with E-state index in [0.717, 1.165) is 5.56 Å². The van der Waals surface area contributed by atoms with Gasteiger partial charge in [0.05, 0.1) is 16.1 Å². The Hall–Kier alpha value is -2.54. The van der Waals surface area contributed by atoms with Crippen molar-refractivity contribution in [3.05, 3.63) is 53.6 Å². The second kappa shape index (κ2) is 10.2. The average molecular weight is 447 g/mol. The van der Waals surface area contributed by atoms with Crippen LogP contribution in [-0.2, 0) is 10.0 Å². The van der Waals surface area contributed by atoms with Crippen LogP contribution in [-0.4, -0.2) is 32.6 Å². The molecule has 0 aromatic heterocycles. The molecule has 0 spiro atoms. The maximum atomic E-state index is 12.8. The van der Waals surface area contributed by atoms with Crippen molar-refractivity contribution in [1.82, 2.24) is 0 Å². The molecule has 0 aliphatic rings. The van der Waals surface area contributed by atoms with Crippen molar-refractivity contribution in [2.45, 2.75) is 52.4 Å². The van der Waals surface area contributed by atoms with Crippen LogP contribution in [0.4, 0.5) is 11.4 Å². The van der Waals surface area contributed by atoms with E-state index < -0.39 is 16.0 Å². The maximum Gasteiger partial charge on any atom is 0.337 e. The van der Waals surface area contributed by atoms with Crippen LogP contribution in [0, 0.1) is 11.8 Å². The summed E-state index contributed by atoms with van der Waals surface area (Å²) in [6.45, 7) is 13.8. The highest BCUT2D eigenvalue weighted by Crippen LogP contribution is 2.28. The largest absolute Gasteiger partial charge is 0.478 e. The highest BCUT2D eigenvalue weighted by atomic mass is 32.2. The Morgan fingerprint density at radius 3 is 1.94 bits per heavy atom. The Labute approximate surface area is 186 Å². The summed E-state index contributed by atoms with van der Waals surface area (Å²) in [6, 6.07) is 11.4. The zero-order chi connectivity index (χ0) is 23.3. The molecule has 0 atom stereocenters. The molecule has 0 unspecified atom stereocenters. The zero-order valence-corrected chi connectivity index (χ0v) is 20.0. The Morgan fingerprint density at radius 1 is 0.935 bits per heavy atom. The van der Waals surface area contributed by atoms with Crippen LogP contribution in [0.3, 0.4) is 0 Å². The number of carboxylic acid groups (broad SMARTS) is 1. The van der Waals surface area contributed by atoms with Crippen LogP contribution < -0.4 is 9.62 Å². The summed E-state index contributed by atoms with van der Waals surface area (Å²) in [5.74, 6) is -0.0791. The monoisotopic (exact) mass is 446 g/mol. The third-order valence-corrected chi connectivity index (χ3v) is 6.25. The topological polar surface area (TPSA) is 86.7 Å². The Bertz CT molecular complexity index is 987. The molecule has 2 aromatic carbocycles. The molecule has 6 nitrogen and oxygen atoms in total. The summed E-state index contributed by atoms with van der Waals surface area (Å²) in [6.07, 6.45) is 0. The van der Waals surface area contributed by atoms with Gasteiger partial charge in [-0.2, -0.15) is 0 Å². The van der Waals surface area contributed by atoms with Crippen LogP contribution in [0.25, 0.3) is 0 Å². The maximum absolute atomic E-state index is 12.8. The van der Waals surface area contributed by atoms with Crippen LogP contribution >= 0.6 is 0 Å². The van der Waals surface area contributed by atoms with Gasteiger partial charge in [-0.3, -0.25) is 4.72 Å². The number of benzene rings is 2. The molecule has 0 saturated heterocycles. The molecule has 170 valence electrons. The van der Waals surface area contributed by atoms with E-state index in [1.54, 1.807) is 36.4 Å². The smallest absolute Gasteiger partial charge is 0.337 e. The molecule has 0 saturated carbocycles. The van der Waals surface area contributed by atoms with Crippen LogP contribution in [0.1, 0.15) is 63.4 Å². The second-order valence-corrected chi connectivity index (χ2v) is 10.7. The predicted octanol–water partition coefficient (Wildman–Crippen LogP) is 5.43. The van der Waals surface area contributed by atoms with E-state index in [4.69, 9.17) is 0 Å². The minimum atomic E-state index is -3.83. The minimum Gasteiger partial charge on any atom is -0.478 e. The number of carboxylic acids is 1. The molecule has 0 fully saturated rings. The van der Waals surface area contributed by atoms with Crippen LogP contribution in [0.15, 0.2) is 47.4 Å². The van der Waals surface area contributed by atoms with Gasteiger partial charge in [0.2, 0.25) is 0 Å². The lowest BCUT2D eigenvalue weighted by Gasteiger charge is -2.30. The number of hydrogen-bond acceptors (Lipinski definition) is 4. The minimum absolute atomic E-state index is 0.0802. The van der Waals surface area contributed by atoms with Crippen LogP contribution in [0.2, 0.25) is 0 Å². The average Bonchev–Trinajstić information content (AvgIpc) is 2.66. The van der Waals surface area contributed by atoms with Gasteiger partial charge >= 0.3 is 5.97 Å². The van der Waals surface area contributed by atoms with Crippen molar-refractivity contribution in [3.63, 3.8) is 0 Å². The van der Waals surface area contributed by atoms with Gasteiger partial charge < -0.3 is 10.0 Å². The molecule has 0 heterocycles. The number of sulfonamides is 1. The van der Waals surface area contributed by atoms with Gasteiger partial charge in [0, 0.05) is 18.8 Å². The lowest BCUT2D eigenvalue weighted by Crippen LogP contribution is -2.32. The Kier molecular flexibility index (Phi) is 8.12. The quantitative estimate of drug-likeness (QED) is 0.508. The molecule has 0 amide bonds. The highest BCUT2D eigenvalue weighted by Gasteiger charge is 2.21. The number of anilines is 2. The van der Waals surface area contributed by atoms with Gasteiger partial charge in [0.1, 0.15) is 0 Å². The van der Waals surface area contributed by atoms with Gasteiger partial charge in [-0.25, -0.2) is 13.2 Å². The summed E-state index contributed by atoms with van der Waals surface area (Å²) in [5, 5.41) is 9.80. The van der Waals surface area contributed by atoms with Crippen molar-refractivity contribution in [1.29, 1.82) is 0 Å². The van der Waals surface area contributed by atoms with Gasteiger partial charge in [-0.15, -0.1) is 0 Å². The van der Waals surface area contributed by atoms with Crippen molar-refractivity contribution < 1.29 is 18.3 Å². The number of nitrogens with zero attached hydrogens (tertiary/aromatic N) is 1. The molecule has 2 N–H and O–H groups in total. The number of carbonyl (C=O) groups is 1. The number of rotatable bonds is 10. The Balaban J connectivity index is 2.38. The summed E-state index contributed by atoms with van der Waals surface area (Å²) < 4.78 is 28.1. The van der Waals surface area contributed by atoms with E-state index in [0.29, 0.717) is 36.5 Å². The molecule has 31 heavy (non-hydrogen) atoms. The van der Waals surface area contributed by atoms with Crippen LogP contribution in [0.5, 0.6) is 0 Å². The molecule has 0 bridgehead atoms. The zero-order valence-electron chi connectivity index (χ0n) is 19.2. The van der Waals surface area contributed by atoms with E-state index >= 15 is 0 Å². The third-order valence-electron chi connectivity index (χ3n) is 4.85. The molecule has 2 rings (SSSR count).